The van der Waals surface area contributed by atoms with Gasteiger partial charge in [-0.1, -0.05) is 61.4 Å². The van der Waals surface area contributed by atoms with Crippen LogP contribution in [-0.2, 0) is 0 Å². The van der Waals surface area contributed by atoms with Gasteiger partial charge >= 0.3 is 0 Å². The predicted molar refractivity (Wildman–Crippen MR) is 155 cm³/mol. The third-order valence-electron chi connectivity index (χ3n) is 7.67. The van der Waals surface area contributed by atoms with Crippen molar-refractivity contribution < 1.29 is 4.74 Å². The summed E-state index contributed by atoms with van der Waals surface area (Å²) in [5.74, 6) is 3.01. The number of rotatable bonds is 5. The molecule has 4 aliphatic carbocycles. The summed E-state index contributed by atoms with van der Waals surface area (Å²) in [4.78, 5) is 4.27. The highest BCUT2D eigenvalue weighted by Gasteiger charge is 2.41. The first-order valence-electron chi connectivity index (χ1n) is 13.6. The van der Waals surface area contributed by atoms with Crippen LogP contribution in [0.5, 0.6) is 5.88 Å². The van der Waals surface area contributed by atoms with E-state index in [1.807, 2.05) is 57.1 Å². The smallest absolute Gasteiger partial charge is 0.213 e. The number of nitrogens with zero attached hydrogens (tertiary/aromatic N) is 1. The summed E-state index contributed by atoms with van der Waals surface area (Å²) in [5.41, 5.74) is 9.92. The van der Waals surface area contributed by atoms with Gasteiger partial charge in [-0.15, -0.1) is 11.8 Å². The second-order valence-electron chi connectivity index (χ2n) is 10.3. The Kier molecular flexibility index (Phi) is 9.00. The summed E-state index contributed by atoms with van der Waals surface area (Å²) in [7, 11) is 0. The normalized spacial score (nSPS) is 24.9. The first-order chi connectivity index (χ1) is 17.5. The third kappa shape index (κ3) is 6.45. The molecule has 0 amide bonds. The van der Waals surface area contributed by atoms with E-state index in [2.05, 4.69) is 54.3 Å². The molecule has 0 radical (unpaired) electrons. The van der Waals surface area contributed by atoms with Crippen molar-refractivity contribution in [3.63, 3.8) is 0 Å². The zero-order valence-corrected chi connectivity index (χ0v) is 23.5. The van der Waals surface area contributed by atoms with Crippen molar-refractivity contribution >= 4 is 17.3 Å². The van der Waals surface area contributed by atoms with Gasteiger partial charge in [-0.2, -0.15) is 0 Å². The fraction of sp³-hybridized carbons (Fsp3) is 0.469. The highest BCUT2D eigenvalue weighted by atomic mass is 32.2. The minimum Gasteiger partial charge on any atom is -0.477 e. The number of fused-ring (bicyclic) bond motifs is 2. The second-order valence-corrected chi connectivity index (χ2v) is 11.3. The minimum atomic E-state index is 0.389. The predicted octanol–water partition coefficient (Wildman–Crippen LogP) is 8.77. The largest absolute Gasteiger partial charge is 0.477 e. The highest BCUT2D eigenvalue weighted by Crippen LogP contribution is 2.50. The number of thioether (sulfide) groups is 1. The van der Waals surface area contributed by atoms with E-state index in [0.29, 0.717) is 11.3 Å². The first kappa shape index (κ1) is 26.6. The summed E-state index contributed by atoms with van der Waals surface area (Å²) in [6.45, 7) is 15.5. The molecule has 2 bridgehead atoms. The molecule has 2 aromatic rings. The van der Waals surface area contributed by atoms with E-state index in [1.165, 1.54) is 65.5 Å². The van der Waals surface area contributed by atoms with Crippen LogP contribution in [0.3, 0.4) is 0 Å². The fourth-order valence-corrected chi connectivity index (χ4v) is 6.14. The number of hydrogen-bond donors (Lipinski definition) is 1. The van der Waals surface area contributed by atoms with Crippen molar-refractivity contribution in [3.8, 4) is 5.88 Å². The average Bonchev–Trinajstić information content (AvgIpc) is 3.59. The third-order valence-corrected chi connectivity index (χ3v) is 8.63. The van der Waals surface area contributed by atoms with Crippen LogP contribution < -0.4 is 10.1 Å². The Labute approximate surface area is 222 Å². The molecule has 192 valence electrons. The molecule has 1 aliphatic heterocycles. The van der Waals surface area contributed by atoms with Crippen molar-refractivity contribution in [2.24, 2.45) is 17.8 Å². The Morgan fingerprint density at radius 1 is 1.08 bits per heavy atom. The zero-order chi connectivity index (χ0) is 25.7. The minimum absolute atomic E-state index is 0.389. The molecular formula is C32H42N2OS. The number of benzene rings is 1. The average molecular weight is 503 g/mol. The lowest BCUT2D eigenvalue weighted by Gasteiger charge is -2.46. The van der Waals surface area contributed by atoms with Gasteiger partial charge in [0.25, 0.3) is 0 Å². The lowest BCUT2D eigenvalue weighted by Crippen LogP contribution is -2.38. The Morgan fingerprint density at radius 3 is 2.44 bits per heavy atom. The molecule has 0 saturated heterocycles. The molecule has 2 heterocycles. The number of ether oxygens (including phenoxy) is 1. The number of nitrogens with one attached hydrogen (secondary N) is 1. The van der Waals surface area contributed by atoms with E-state index in [1.54, 1.807) is 5.57 Å². The van der Waals surface area contributed by atoms with E-state index >= 15 is 0 Å². The Hall–Kier alpha value is -2.46. The Morgan fingerprint density at radius 2 is 1.83 bits per heavy atom. The van der Waals surface area contributed by atoms with Crippen LogP contribution >= 0.6 is 11.8 Å². The van der Waals surface area contributed by atoms with Gasteiger partial charge in [0.15, 0.2) is 0 Å². The van der Waals surface area contributed by atoms with Gasteiger partial charge in [-0.3, -0.25) is 0 Å². The quantitative estimate of drug-likeness (QED) is 0.414. The van der Waals surface area contributed by atoms with Gasteiger partial charge in [0.1, 0.15) is 5.37 Å². The molecule has 0 spiro atoms. The molecule has 2 atom stereocenters. The SMILES string of the molecule is C=C1C(COc2ccc(C)cn2)CC2CC1C2.CC.CC(=C1CC1)c1cc(C)ccc1C1NC=CS1. The topological polar surface area (TPSA) is 34.1 Å². The van der Waals surface area contributed by atoms with E-state index in [9.17, 15) is 0 Å². The summed E-state index contributed by atoms with van der Waals surface area (Å²) in [5, 5.41) is 5.93. The Bertz CT molecular complexity index is 1100. The van der Waals surface area contributed by atoms with Crippen molar-refractivity contribution in [2.75, 3.05) is 6.61 Å². The second kappa shape index (κ2) is 12.2. The molecule has 1 aromatic carbocycles. The van der Waals surface area contributed by atoms with Crippen LogP contribution in [0, 0.1) is 31.6 Å². The lowest BCUT2D eigenvalue weighted by molar-refractivity contribution is 0.102. The molecule has 36 heavy (non-hydrogen) atoms. The van der Waals surface area contributed by atoms with Gasteiger partial charge in [0, 0.05) is 24.4 Å². The molecule has 7 rings (SSSR count). The van der Waals surface area contributed by atoms with Crippen LogP contribution in [0.15, 0.2) is 65.9 Å². The summed E-state index contributed by atoms with van der Waals surface area (Å²) in [6.07, 6.45) is 10.5. The van der Waals surface area contributed by atoms with Crippen LogP contribution in [-0.4, -0.2) is 11.6 Å². The molecule has 3 nitrogen and oxygen atoms in total. The van der Waals surface area contributed by atoms with E-state index in [0.717, 1.165) is 24.3 Å². The van der Waals surface area contributed by atoms with E-state index in [-0.39, 0.29) is 0 Å². The van der Waals surface area contributed by atoms with Crippen molar-refractivity contribution in [1.29, 1.82) is 0 Å². The Balaban J connectivity index is 0.000000158. The number of hydrogen-bond acceptors (Lipinski definition) is 4. The molecule has 1 N–H and O–H groups in total. The summed E-state index contributed by atoms with van der Waals surface area (Å²) < 4.78 is 5.77. The van der Waals surface area contributed by atoms with Crippen LogP contribution in [0.25, 0.3) is 5.57 Å². The van der Waals surface area contributed by atoms with Gasteiger partial charge < -0.3 is 10.1 Å². The van der Waals surface area contributed by atoms with Gasteiger partial charge in [0.05, 0.1) is 6.61 Å². The maximum absolute atomic E-state index is 5.77. The number of aryl methyl sites for hydroxylation is 2. The maximum Gasteiger partial charge on any atom is 0.213 e. The molecule has 2 unspecified atom stereocenters. The standard InChI is InChI=1S/C15H19NO.C15H17NS.C2H6/c1-10-3-4-15(16-8-10)17-9-14-7-12-5-13(6-12)11(14)2;1-10-3-6-13(15-16-7-8-17-15)14(9-10)11(2)12-4-5-12;1-2/h3-4,8,12-14H,2,5-7,9H2,1H3;3,6-9,15-16H,4-5H2,1-2H3;1-2H3. The number of pyridine rings is 1. The maximum atomic E-state index is 5.77. The van der Waals surface area contributed by atoms with E-state index < -0.39 is 0 Å². The van der Waals surface area contributed by atoms with Crippen LogP contribution in [0.4, 0.5) is 0 Å². The molecule has 4 saturated carbocycles. The molecule has 1 aromatic heterocycles. The monoisotopic (exact) mass is 502 g/mol. The zero-order valence-electron chi connectivity index (χ0n) is 22.6. The lowest BCUT2D eigenvalue weighted by atomic mass is 9.59. The highest BCUT2D eigenvalue weighted by molar-refractivity contribution is 8.02. The van der Waals surface area contributed by atoms with Crippen LogP contribution in [0.1, 0.15) is 80.5 Å². The van der Waals surface area contributed by atoms with Crippen molar-refractivity contribution in [3.05, 3.63) is 88.1 Å². The molecule has 4 fully saturated rings. The summed E-state index contributed by atoms with van der Waals surface area (Å²) >= 11 is 1.85. The van der Waals surface area contributed by atoms with Gasteiger partial charge in [-0.25, -0.2) is 4.98 Å². The fourth-order valence-electron chi connectivity index (χ4n) is 5.32. The van der Waals surface area contributed by atoms with Crippen molar-refractivity contribution in [1.82, 2.24) is 10.3 Å². The first-order valence-corrected chi connectivity index (χ1v) is 14.5. The number of aromatic nitrogens is 1. The number of allylic oxidation sites excluding steroid dienone is 2. The summed E-state index contributed by atoms with van der Waals surface area (Å²) in [6, 6.07) is 10.8. The molecular weight excluding hydrogens is 460 g/mol. The van der Waals surface area contributed by atoms with Crippen LogP contribution in [0.2, 0.25) is 0 Å². The van der Waals surface area contributed by atoms with Gasteiger partial charge in [0.2, 0.25) is 5.88 Å². The van der Waals surface area contributed by atoms with Gasteiger partial charge in [-0.05, 0) is 92.4 Å². The van der Waals surface area contributed by atoms with E-state index in [4.69, 9.17) is 4.74 Å². The molecule has 5 aliphatic rings. The molecule has 4 heteroatoms. The van der Waals surface area contributed by atoms with Crippen molar-refractivity contribution in [2.45, 2.75) is 72.1 Å².